The molecule has 0 aromatic carbocycles. The molecule has 0 aliphatic rings. The predicted octanol–water partition coefficient (Wildman–Crippen LogP) is 0.386. The summed E-state index contributed by atoms with van der Waals surface area (Å²) in [6, 6.07) is 0. The number of aliphatic hydroxyl groups is 1. The van der Waals surface area contributed by atoms with Gasteiger partial charge in [0, 0.05) is 0 Å². The van der Waals surface area contributed by atoms with Crippen molar-refractivity contribution in [2.24, 2.45) is 0 Å². The fraction of sp³-hybridized carbons (Fsp3) is 1.00. The van der Waals surface area contributed by atoms with Gasteiger partial charge in [0.2, 0.25) is 4.87 Å². The molecule has 0 rings (SSSR count). The number of nitro groups is 1. The highest BCUT2D eigenvalue weighted by atomic mass is 79.9. The van der Waals surface area contributed by atoms with Crippen LogP contribution in [0.5, 0.6) is 0 Å². The Kier molecular flexibility index (Phi) is 3.95. The Morgan fingerprint density at radius 2 is 1.86 bits per heavy atom. The van der Waals surface area contributed by atoms with Gasteiger partial charge in [0.05, 0.1) is 26.4 Å². The van der Waals surface area contributed by atoms with E-state index in [4.69, 9.17) is 5.11 Å². The minimum Gasteiger partial charge on any atom is -0.381 e. The van der Waals surface area contributed by atoms with Crippen LogP contribution < -0.4 is 5.43 Å². The number of nitrogens with zero attached hydrogens (tertiary/aromatic N) is 2. The molecule has 0 aromatic rings. The number of alkyl halides is 1. The van der Waals surface area contributed by atoms with Gasteiger partial charge in [0.1, 0.15) is 4.92 Å². The van der Waals surface area contributed by atoms with E-state index in [1.165, 1.54) is 0 Å². The van der Waals surface area contributed by atoms with Crippen molar-refractivity contribution in [2.45, 2.75) is 30.9 Å². The van der Waals surface area contributed by atoms with E-state index in [-0.39, 0.29) is 4.87 Å². The molecule has 2 N–H and O–H groups in total. The molecular formula is C6H13BrN3O4+. The van der Waals surface area contributed by atoms with Crippen LogP contribution in [0.1, 0.15) is 20.8 Å². The van der Waals surface area contributed by atoms with Crippen molar-refractivity contribution in [3.8, 4) is 0 Å². The van der Waals surface area contributed by atoms with Crippen molar-refractivity contribution in [3.63, 3.8) is 0 Å². The second kappa shape index (κ2) is 4.18. The second-order valence-electron chi connectivity index (χ2n) is 3.79. The molecule has 0 bridgehead atoms. The zero-order valence-electron chi connectivity index (χ0n) is 8.15. The lowest BCUT2D eigenvalue weighted by Crippen LogP contribution is -2.56. The summed E-state index contributed by atoms with van der Waals surface area (Å²) in [5, 5.41) is 19.2. The average Bonchev–Trinajstić information content (AvgIpc) is 1.99. The lowest BCUT2D eigenvalue weighted by molar-refractivity contribution is -0.819. The zero-order valence-corrected chi connectivity index (χ0v) is 9.74. The van der Waals surface area contributed by atoms with Gasteiger partial charge < -0.3 is 5.11 Å². The summed E-state index contributed by atoms with van der Waals surface area (Å²) in [6.45, 7) is 4.07. The molecule has 0 aromatic heterocycles. The topological polar surface area (TPSA) is 95.5 Å². The van der Waals surface area contributed by atoms with Crippen LogP contribution in [0, 0.1) is 15.0 Å². The fourth-order valence-corrected chi connectivity index (χ4v) is 0.675. The van der Waals surface area contributed by atoms with Gasteiger partial charge in [-0.2, -0.15) is 0 Å². The molecule has 0 unspecified atom stereocenters. The van der Waals surface area contributed by atoms with E-state index in [2.05, 4.69) is 21.4 Å². The van der Waals surface area contributed by atoms with Gasteiger partial charge in [-0.25, -0.2) is 0 Å². The normalized spacial score (nSPS) is 15.8. The SMILES string of the molecule is CC(C)(C)N[N+](=O)[C@](Br)(CO)[N+](=O)[O-]. The maximum Gasteiger partial charge on any atom is 0.551 e. The summed E-state index contributed by atoms with van der Waals surface area (Å²) in [4.78, 5) is 20.9. The molecule has 0 radical (unpaired) electrons. The zero-order chi connectivity index (χ0) is 11.6. The Labute approximate surface area is 89.3 Å². The number of halogens is 1. The molecule has 0 aliphatic heterocycles. The molecular weight excluding hydrogens is 258 g/mol. The monoisotopic (exact) mass is 270 g/mol. The molecule has 0 saturated carbocycles. The highest BCUT2D eigenvalue weighted by Gasteiger charge is 2.58. The molecule has 0 heterocycles. The lowest BCUT2D eigenvalue weighted by atomic mass is 10.1. The molecule has 0 aliphatic carbocycles. The van der Waals surface area contributed by atoms with Gasteiger partial charge in [-0.1, -0.05) is 0 Å². The van der Waals surface area contributed by atoms with E-state index in [0.29, 0.717) is 0 Å². The summed E-state index contributed by atoms with van der Waals surface area (Å²) in [6.07, 6.45) is 0. The van der Waals surface area contributed by atoms with Crippen molar-refractivity contribution in [1.82, 2.24) is 5.43 Å². The number of aliphatic hydroxyl groups excluding tert-OH is 1. The summed E-state index contributed by atoms with van der Waals surface area (Å²) >= 11 is 2.57. The minimum absolute atomic E-state index is 0.00694. The molecule has 0 saturated heterocycles. The maximum atomic E-state index is 11.3. The third kappa shape index (κ3) is 3.18. The molecule has 0 amide bonds. The first-order chi connectivity index (χ1) is 6.13. The summed E-state index contributed by atoms with van der Waals surface area (Å²) < 4.78 is -2.24. The van der Waals surface area contributed by atoms with Gasteiger partial charge >= 0.3 is 4.57 Å². The number of hydrazine groups is 1. The lowest BCUT2D eigenvalue weighted by Gasteiger charge is -2.16. The molecule has 0 spiro atoms. The molecule has 0 fully saturated rings. The Hall–Kier alpha value is -0.760. The van der Waals surface area contributed by atoms with Crippen molar-refractivity contribution in [1.29, 1.82) is 0 Å². The van der Waals surface area contributed by atoms with Gasteiger partial charge in [-0.3, -0.25) is 10.1 Å². The Balaban J connectivity index is 4.73. The Bertz CT molecular complexity index is 252. The standard InChI is InChI=1S/C6H13BrN3O4/c1-5(2,3)8-9(12)6(7,4-11)10(13)14/h11H,4H2,1-3H3,(H,8,12)/q+1/t6-/m1/s1. The van der Waals surface area contributed by atoms with Crippen LogP contribution in [-0.2, 0) is 0 Å². The van der Waals surface area contributed by atoms with Crippen LogP contribution in [0.15, 0.2) is 0 Å². The maximum absolute atomic E-state index is 11.3. The number of hydrogen-bond donors (Lipinski definition) is 2. The third-order valence-corrected chi connectivity index (χ3v) is 2.09. The Morgan fingerprint density at radius 1 is 1.43 bits per heavy atom. The van der Waals surface area contributed by atoms with Crippen molar-refractivity contribution < 1.29 is 14.9 Å². The van der Waals surface area contributed by atoms with E-state index in [0.717, 1.165) is 0 Å². The molecule has 8 heteroatoms. The van der Waals surface area contributed by atoms with Gasteiger partial charge in [-0.15, -0.1) is 5.43 Å². The van der Waals surface area contributed by atoms with E-state index < -0.39 is 21.6 Å². The first-order valence-corrected chi connectivity index (χ1v) is 4.62. The first kappa shape index (κ1) is 13.2. The van der Waals surface area contributed by atoms with E-state index in [1.54, 1.807) is 20.8 Å². The highest BCUT2D eigenvalue weighted by Crippen LogP contribution is 2.19. The van der Waals surface area contributed by atoms with Crippen LogP contribution in [0.25, 0.3) is 0 Å². The molecule has 7 nitrogen and oxygen atoms in total. The smallest absolute Gasteiger partial charge is 0.381 e. The second-order valence-corrected chi connectivity index (χ2v) is 5.06. The largest absolute Gasteiger partial charge is 0.551 e. The number of hydrogen-bond acceptors (Lipinski definition) is 4. The predicted molar refractivity (Wildman–Crippen MR) is 52.3 cm³/mol. The number of nitroso groups, excluding NO2 is 1. The van der Waals surface area contributed by atoms with Crippen molar-refractivity contribution >= 4 is 15.9 Å². The van der Waals surface area contributed by atoms with Crippen LogP contribution >= 0.6 is 15.9 Å². The number of nitrogens with one attached hydrogen (secondary N) is 1. The summed E-state index contributed by atoms with van der Waals surface area (Å²) in [5.74, 6) is 0. The van der Waals surface area contributed by atoms with Crippen LogP contribution in [0.3, 0.4) is 0 Å². The third-order valence-electron chi connectivity index (χ3n) is 1.23. The highest BCUT2D eigenvalue weighted by molar-refractivity contribution is 9.09. The fourth-order valence-electron chi connectivity index (χ4n) is 0.586. The van der Waals surface area contributed by atoms with Crippen molar-refractivity contribution in [2.75, 3.05) is 6.61 Å². The van der Waals surface area contributed by atoms with Crippen molar-refractivity contribution in [3.05, 3.63) is 15.0 Å². The van der Waals surface area contributed by atoms with Crippen LogP contribution in [-0.4, -0.2) is 31.6 Å². The summed E-state index contributed by atoms with van der Waals surface area (Å²) in [7, 11) is 0. The van der Waals surface area contributed by atoms with E-state index >= 15 is 0 Å². The van der Waals surface area contributed by atoms with E-state index in [9.17, 15) is 15.0 Å². The van der Waals surface area contributed by atoms with Gasteiger partial charge in [-0.05, 0) is 20.8 Å². The minimum atomic E-state index is -2.24. The first-order valence-electron chi connectivity index (χ1n) is 3.83. The Morgan fingerprint density at radius 3 is 2.07 bits per heavy atom. The van der Waals surface area contributed by atoms with Gasteiger partial charge in [0.15, 0.2) is 6.61 Å². The molecule has 1 atom stereocenters. The van der Waals surface area contributed by atoms with Gasteiger partial charge in [0.25, 0.3) is 0 Å². The van der Waals surface area contributed by atoms with E-state index in [1.807, 2.05) is 0 Å². The quantitative estimate of drug-likeness (QED) is 0.192. The van der Waals surface area contributed by atoms with Crippen LogP contribution in [0.4, 0.5) is 0 Å². The number of rotatable bonds is 4. The summed E-state index contributed by atoms with van der Waals surface area (Å²) in [5.41, 5.74) is 1.70. The van der Waals surface area contributed by atoms with Crippen LogP contribution in [0.2, 0.25) is 0 Å². The average molecular weight is 271 g/mol. The molecule has 14 heavy (non-hydrogen) atoms. The molecule has 82 valence electrons.